The van der Waals surface area contributed by atoms with Crippen LogP contribution in [0.4, 0.5) is 0 Å². The highest BCUT2D eigenvalue weighted by Gasteiger charge is 2.01. The van der Waals surface area contributed by atoms with Crippen molar-refractivity contribution in [2.75, 3.05) is 13.7 Å². The number of methoxy groups -OCH3 is 1. The van der Waals surface area contributed by atoms with E-state index in [2.05, 4.69) is 10.5 Å². The molecule has 0 aliphatic rings. The first-order chi connectivity index (χ1) is 10.7. The zero-order valence-electron chi connectivity index (χ0n) is 12.0. The summed E-state index contributed by atoms with van der Waals surface area (Å²) in [5.41, 5.74) is 3.24. The molecule has 0 atom stereocenters. The highest BCUT2D eigenvalue weighted by Crippen LogP contribution is 2.15. The van der Waals surface area contributed by atoms with Crippen LogP contribution in [0.5, 0.6) is 11.5 Å². The number of benzene rings is 2. The molecule has 5 nitrogen and oxygen atoms in total. The lowest BCUT2D eigenvalue weighted by Gasteiger charge is -2.04. The number of ether oxygens (including phenoxy) is 2. The first-order valence-corrected chi connectivity index (χ1v) is 6.89. The van der Waals surface area contributed by atoms with E-state index >= 15 is 0 Å². The SMILES string of the molecule is COc1ccc(C=NNC(=O)COc2ccc(Cl)cc2)cc1. The lowest BCUT2D eigenvalue weighted by molar-refractivity contribution is -0.123. The summed E-state index contributed by atoms with van der Waals surface area (Å²) in [7, 11) is 1.60. The number of hydrogen-bond acceptors (Lipinski definition) is 4. The van der Waals surface area contributed by atoms with Gasteiger partial charge < -0.3 is 9.47 Å². The molecular weight excluding hydrogens is 304 g/mol. The maximum absolute atomic E-state index is 11.6. The number of carbonyl (C=O) groups excluding carboxylic acids is 1. The van der Waals surface area contributed by atoms with Gasteiger partial charge in [-0.1, -0.05) is 11.6 Å². The minimum Gasteiger partial charge on any atom is -0.497 e. The van der Waals surface area contributed by atoms with E-state index in [1.807, 2.05) is 24.3 Å². The Morgan fingerprint density at radius 3 is 2.41 bits per heavy atom. The molecule has 114 valence electrons. The third-order valence-corrected chi connectivity index (χ3v) is 2.95. The van der Waals surface area contributed by atoms with Crippen LogP contribution < -0.4 is 14.9 Å². The van der Waals surface area contributed by atoms with Crippen molar-refractivity contribution < 1.29 is 14.3 Å². The van der Waals surface area contributed by atoms with Gasteiger partial charge in [-0.05, 0) is 54.1 Å². The molecule has 6 heteroatoms. The van der Waals surface area contributed by atoms with Crippen molar-refractivity contribution in [3.63, 3.8) is 0 Å². The van der Waals surface area contributed by atoms with Crippen LogP contribution in [0.3, 0.4) is 0 Å². The first-order valence-electron chi connectivity index (χ1n) is 6.52. The van der Waals surface area contributed by atoms with Crippen LogP contribution in [0.2, 0.25) is 5.02 Å². The Labute approximate surface area is 133 Å². The van der Waals surface area contributed by atoms with Gasteiger partial charge in [-0.3, -0.25) is 4.79 Å². The molecule has 22 heavy (non-hydrogen) atoms. The highest BCUT2D eigenvalue weighted by atomic mass is 35.5. The molecular formula is C16H15ClN2O3. The van der Waals surface area contributed by atoms with Gasteiger partial charge in [-0.15, -0.1) is 0 Å². The van der Waals surface area contributed by atoms with Crippen LogP contribution in [-0.2, 0) is 4.79 Å². The summed E-state index contributed by atoms with van der Waals surface area (Å²) in [4.78, 5) is 11.6. The molecule has 0 unspecified atom stereocenters. The van der Waals surface area contributed by atoms with E-state index in [0.717, 1.165) is 11.3 Å². The summed E-state index contributed by atoms with van der Waals surface area (Å²) < 4.78 is 10.3. The fourth-order valence-electron chi connectivity index (χ4n) is 1.58. The predicted octanol–water partition coefficient (Wildman–Crippen LogP) is 2.88. The minimum atomic E-state index is -0.347. The largest absolute Gasteiger partial charge is 0.497 e. The molecule has 0 spiro atoms. The maximum atomic E-state index is 11.6. The molecule has 2 rings (SSSR count). The molecule has 1 N–H and O–H groups in total. The summed E-state index contributed by atoms with van der Waals surface area (Å²) in [6.45, 7) is -0.123. The highest BCUT2D eigenvalue weighted by molar-refractivity contribution is 6.30. The van der Waals surface area contributed by atoms with Crippen LogP contribution in [-0.4, -0.2) is 25.8 Å². The van der Waals surface area contributed by atoms with Crippen LogP contribution in [0, 0.1) is 0 Å². The van der Waals surface area contributed by atoms with Crippen molar-refractivity contribution in [1.82, 2.24) is 5.43 Å². The van der Waals surface area contributed by atoms with Crippen LogP contribution in [0.25, 0.3) is 0 Å². The van der Waals surface area contributed by atoms with Crippen molar-refractivity contribution in [2.24, 2.45) is 5.10 Å². The van der Waals surface area contributed by atoms with Gasteiger partial charge in [0.15, 0.2) is 6.61 Å². The van der Waals surface area contributed by atoms with Crippen molar-refractivity contribution in [2.45, 2.75) is 0 Å². The summed E-state index contributed by atoms with van der Waals surface area (Å²) in [6, 6.07) is 14.1. The number of nitrogens with zero attached hydrogens (tertiary/aromatic N) is 1. The van der Waals surface area contributed by atoms with Gasteiger partial charge in [-0.2, -0.15) is 5.10 Å². The average Bonchev–Trinajstić information content (AvgIpc) is 2.55. The number of halogens is 1. The standard InChI is InChI=1S/C16H15ClN2O3/c1-21-14-6-2-12(3-7-14)10-18-19-16(20)11-22-15-8-4-13(17)5-9-15/h2-10H,11H2,1H3,(H,19,20). The van der Waals surface area contributed by atoms with Gasteiger partial charge in [-0.25, -0.2) is 5.43 Å². The maximum Gasteiger partial charge on any atom is 0.277 e. The molecule has 0 bridgehead atoms. The number of carbonyl (C=O) groups is 1. The summed E-state index contributed by atoms with van der Waals surface area (Å²) in [6.07, 6.45) is 1.54. The Morgan fingerprint density at radius 2 is 1.77 bits per heavy atom. The smallest absolute Gasteiger partial charge is 0.277 e. The van der Waals surface area contributed by atoms with Crippen molar-refractivity contribution >= 4 is 23.7 Å². The predicted molar refractivity (Wildman–Crippen MR) is 85.7 cm³/mol. The molecule has 2 aromatic carbocycles. The van der Waals surface area contributed by atoms with Gasteiger partial charge in [0.05, 0.1) is 13.3 Å². The van der Waals surface area contributed by atoms with E-state index in [4.69, 9.17) is 21.1 Å². The van der Waals surface area contributed by atoms with Crippen molar-refractivity contribution in [1.29, 1.82) is 0 Å². The lowest BCUT2D eigenvalue weighted by atomic mass is 10.2. The molecule has 0 heterocycles. The molecule has 0 aliphatic carbocycles. The van der Waals surface area contributed by atoms with E-state index in [0.29, 0.717) is 10.8 Å². The van der Waals surface area contributed by atoms with Gasteiger partial charge in [0.2, 0.25) is 0 Å². The summed E-state index contributed by atoms with van der Waals surface area (Å²) in [5.74, 6) is 0.982. The fraction of sp³-hybridized carbons (Fsp3) is 0.125. The van der Waals surface area contributed by atoms with E-state index < -0.39 is 0 Å². The van der Waals surface area contributed by atoms with Crippen LogP contribution in [0.15, 0.2) is 53.6 Å². The fourth-order valence-corrected chi connectivity index (χ4v) is 1.71. The molecule has 0 saturated heterocycles. The number of nitrogens with one attached hydrogen (secondary N) is 1. The second-order valence-corrected chi connectivity index (χ2v) is 4.75. The molecule has 0 aliphatic heterocycles. The third kappa shape index (κ3) is 5.10. The zero-order valence-corrected chi connectivity index (χ0v) is 12.7. The second kappa shape index (κ2) is 8.05. The van der Waals surface area contributed by atoms with Crippen LogP contribution in [0.1, 0.15) is 5.56 Å². The van der Waals surface area contributed by atoms with Crippen molar-refractivity contribution in [3.8, 4) is 11.5 Å². The number of hydrazone groups is 1. The van der Waals surface area contributed by atoms with E-state index in [1.165, 1.54) is 0 Å². The zero-order chi connectivity index (χ0) is 15.8. The van der Waals surface area contributed by atoms with Crippen molar-refractivity contribution in [3.05, 3.63) is 59.1 Å². The molecule has 0 fully saturated rings. The monoisotopic (exact) mass is 318 g/mol. The Kier molecular flexibility index (Phi) is 5.80. The third-order valence-electron chi connectivity index (χ3n) is 2.70. The Bertz CT molecular complexity index is 639. The quantitative estimate of drug-likeness (QED) is 0.658. The molecule has 2 aromatic rings. The van der Waals surface area contributed by atoms with Crippen LogP contribution >= 0.6 is 11.6 Å². The Balaban J connectivity index is 1.76. The van der Waals surface area contributed by atoms with Gasteiger partial charge in [0.1, 0.15) is 11.5 Å². The summed E-state index contributed by atoms with van der Waals surface area (Å²) in [5, 5.41) is 4.47. The van der Waals surface area contributed by atoms with E-state index in [9.17, 15) is 4.79 Å². The minimum absolute atomic E-state index is 0.123. The average molecular weight is 319 g/mol. The number of hydrogen-bond donors (Lipinski definition) is 1. The van der Waals surface area contributed by atoms with Gasteiger partial charge >= 0.3 is 0 Å². The van der Waals surface area contributed by atoms with E-state index in [-0.39, 0.29) is 12.5 Å². The Morgan fingerprint density at radius 1 is 1.14 bits per heavy atom. The van der Waals surface area contributed by atoms with Gasteiger partial charge in [0, 0.05) is 5.02 Å². The second-order valence-electron chi connectivity index (χ2n) is 4.31. The number of rotatable bonds is 6. The molecule has 0 aromatic heterocycles. The topological polar surface area (TPSA) is 59.9 Å². The molecule has 0 saturated carbocycles. The molecule has 1 amide bonds. The normalized spacial score (nSPS) is 10.5. The Hall–Kier alpha value is -2.53. The van der Waals surface area contributed by atoms with E-state index in [1.54, 1.807) is 37.6 Å². The molecule has 0 radical (unpaired) electrons. The first kappa shape index (κ1) is 15.9. The lowest BCUT2D eigenvalue weighted by Crippen LogP contribution is -2.24. The number of amides is 1. The van der Waals surface area contributed by atoms with Gasteiger partial charge in [0.25, 0.3) is 5.91 Å². The summed E-state index contributed by atoms with van der Waals surface area (Å²) >= 11 is 5.76.